The monoisotopic (exact) mass is 397 g/mol. The molecule has 1 aliphatic carbocycles. The number of fused-ring (bicyclic) bond motifs is 1. The second-order valence-electron chi connectivity index (χ2n) is 7.65. The molecule has 28 heavy (non-hydrogen) atoms. The van der Waals surface area contributed by atoms with Crippen molar-refractivity contribution in [3.63, 3.8) is 0 Å². The average Bonchev–Trinajstić information content (AvgIpc) is 3.56. The number of amides is 2. The van der Waals surface area contributed by atoms with Gasteiger partial charge < -0.3 is 16.0 Å². The van der Waals surface area contributed by atoms with E-state index in [9.17, 15) is 9.59 Å². The lowest BCUT2D eigenvalue weighted by atomic mass is 9.92. The zero-order valence-corrected chi connectivity index (χ0v) is 16.4. The number of carbonyl (C=O) groups is 2. The third-order valence-electron chi connectivity index (χ3n) is 5.66. The molecule has 2 aromatic carbocycles. The van der Waals surface area contributed by atoms with Gasteiger partial charge >= 0.3 is 0 Å². The first kappa shape index (κ1) is 19.0. The fourth-order valence-electron chi connectivity index (χ4n) is 3.79. The quantitative estimate of drug-likeness (QED) is 0.814. The predicted molar refractivity (Wildman–Crippen MR) is 109 cm³/mol. The molecule has 2 atom stereocenters. The van der Waals surface area contributed by atoms with Gasteiger partial charge in [0.15, 0.2) is 0 Å². The van der Waals surface area contributed by atoms with Gasteiger partial charge in [0.1, 0.15) is 6.04 Å². The molecule has 6 heteroatoms. The van der Waals surface area contributed by atoms with Crippen molar-refractivity contribution in [2.45, 2.75) is 37.9 Å². The van der Waals surface area contributed by atoms with Gasteiger partial charge in [-0.05, 0) is 42.0 Å². The van der Waals surface area contributed by atoms with Crippen LogP contribution >= 0.6 is 11.6 Å². The summed E-state index contributed by atoms with van der Waals surface area (Å²) < 4.78 is 0. The van der Waals surface area contributed by atoms with E-state index in [1.165, 1.54) is 0 Å². The van der Waals surface area contributed by atoms with Crippen LogP contribution in [-0.2, 0) is 17.8 Å². The van der Waals surface area contributed by atoms with Crippen molar-refractivity contribution in [1.29, 1.82) is 0 Å². The number of hydrogen-bond donors (Lipinski definition) is 2. The molecule has 0 saturated heterocycles. The van der Waals surface area contributed by atoms with Gasteiger partial charge in [-0.2, -0.15) is 0 Å². The summed E-state index contributed by atoms with van der Waals surface area (Å²) in [6.45, 7) is 0.822. The van der Waals surface area contributed by atoms with Crippen molar-refractivity contribution in [2.75, 3.05) is 6.54 Å². The van der Waals surface area contributed by atoms with Crippen molar-refractivity contribution in [3.8, 4) is 0 Å². The van der Waals surface area contributed by atoms with Gasteiger partial charge in [-0.15, -0.1) is 0 Å². The first-order valence-corrected chi connectivity index (χ1v) is 10.1. The van der Waals surface area contributed by atoms with E-state index >= 15 is 0 Å². The molecule has 0 spiro atoms. The highest BCUT2D eigenvalue weighted by atomic mass is 35.5. The van der Waals surface area contributed by atoms with Gasteiger partial charge in [0.05, 0.1) is 10.6 Å². The molecule has 5 nitrogen and oxygen atoms in total. The van der Waals surface area contributed by atoms with Crippen molar-refractivity contribution >= 4 is 23.4 Å². The number of hydrogen-bond acceptors (Lipinski definition) is 3. The largest absolute Gasteiger partial charge is 0.353 e. The maximum absolute atomic E-state index is 13.2. The maximum atomic E-state index is 13.2. The molecule has 3 N–H and O–H groups in total. The molecular weight excluding hydrogens is 374 g/mol. The van der Waals surface area contributed by atoms with Crippen LogP contribution in [0.15, 0.2) is 48.5 Å². The minimum Gasteiger partial charge on any atom is -0.353 e. The summed E-state index contributed by atoms with van der Waals surface area (Å²) in [4.78, 5) is 27.9. The lowest BCUT2D eigenvalue weighted by Crippen LogP contribution is -2.54. The van der Waals surface area contributed by atoms with Gasteiger partial charge in [0, 0.05) is 25.6 Å². The van der Waals surface area contributed by atoms with Crippen LogP contribution in [0, 0.1) is 5.92 Å². The molecular formula is C22H24ClN3O2. The lowest BCUT2D eigenvalue weighted by molar-refractivity contribution is -0.126. The Morgan fingerprint density at radius 2 is 1.79 bits per heavy atom. The summed E-state index contributed by atoms with van der Waals surface area (Å²) >= 11 is 6.25. The molecule has 0 aromatic heterocycles. The van der Waals surface area contributed by atoms with E-state index in [-0.39, 0.29) is 17.9 Å². The standard InChI is InChI=1S/C22H24ClN3O2/c23-18-8-4-3-7-17(18)22(28)26-13-16-6-2-1-5-15(16)11-20(26)21(27)25-12-19(24)14-9-10-14/h1-8,14,19-20H,9-13,24H2,(H,25,27). The van der Waals surface area contributed by atoms with Crippen LogP contribution in [-0.4, -0.2) is 35.3 Å². The van der Waals surface area contributed by atoms with E-state index in [1.807, 2.05) is 24.3 Å². The number of halogens is 1. The van der Waals surface area contributed by atoms with E-state index < -0.39 is 6.04 Å². The van der Waals surface area contributed by atoms with Crippen molar-refractivity contribution < 1.29 is 9.59 Å². The van der Waals surface area contributed by atoms with Gasteiger partial charge in [0.2, 0.25) is 5.91 Å². The van der Waals surface area contributed by atoms with Gasteiger partial charge in [-0.25, -0.2) is 0 Å². The molecule has 2 unspecified atom stereocenters. The van der Waals surface area contributed by atoms with E-state index in [0.717, 1.165) is 24.0 Å². The second kappa shape index (κ2) is 7.94. The van der Waals surface area contributed by atoms with Gasteiger partial charge in [-0.3, -0.25) is 9.59 Å². The topological polar surface area (TPSA) is 75.4 Å². The zero-order valence-electron chi connectivity index (χ0n) is 15.6. The van der Waals surface area contributed by atoms with Crippen LogP contribution in [0.25, 0.3) is 0 Å². The molecule has 1 saturated carbocycles. The van der Waals surface area contributed by atoms with Crippen LogP contribution in [0.5, 0.6) is 0 Å². The second-order valence-corrected chi connectivity index (χ2v) is 8.06. The highest BCUT2D eigenvalue weighted by Gasteiger charge is 2.36. The molecule has 0 radical (unpaired) electrons. The highest BCUT2D eigenvalue weighted by molar-refractivity contribution is 6.33. The summed E-state index contributed by atoms with van der Waals surface area (Å²) in [7, 11) is 0. The Bertz CT molecular complexity index is 897. The normalized spacial score (nSPS) is 19.6. The minimum atomic E-state index is -0.579. The Morgan fingerprint density at radius 3 is 2.50 bits per heavy atom. The summed E-state index contributed by atoms with van der Waals surface area (Å²) in [5, 5.41) is 3.35. The number of nitrogens with two attached hydrogens (primary N) is 1. The van der Waals surface area contributed by atoms with Crippen molar-refractivity contribution in [3.05, 3.63) is 70.2 Å². The minimum absolute atomic E-state index is 0.0208. The Hall–Kier alpha value is -2.37. The maximum Gasteiger partial charge on any atom is 0.256 e. The molecule has 146 valence electrons. The first-order chi connectivity index (χ1) is 13.5. The zero-order chi connectivity index (χ0) is 19.7. The molecule has 2 aliphatic rings. The van der Waals surface area contributed by atoms with Crippen LogP contribution in [0.1, 0.15) is 34.3 Å². The molecule has 1 fully saturated rings. The summed E-state index contributed by atoms with van der Waals surface area (Å²) in [5.41, 5.74) is 8.69. The Kier molecular flexibility index (Phi) is 5.38. The Labute approximate surface area is 169 Å². The number of carbonyl (C=O) groups excluding carboxylic acids is 2. The van der Waals surface area contributed by atoms with E-state index in [0.29, 0.717) is 36.0 Å². The third-order valence-corrected chi connectivity index (χ3v) is 5.99. The number of nitrogens with one attached hydrogen (secondary N) is 1. The molecule has 2 amide bonds. The Balaban J connectivity index is 1.58. The van der Waals surface area contributed by atoms with E-state index in [4.69, 9.17) is 17.3 Å². The van der Waals surface area contributed by atoms with Crippen LogP contribution in [0.4, 0.5) is 0 Å². The summed E-state index contributed by atoms with van der Waals surface area (Å²) in [6, 6.07) is 14.3. The fraction of sp³-hybridized carbons (Fsp3) is 0.364. The summed E-state index contributed by atoms with van der Waals surface area (Å²) in [5.74, 6) is 0.117. The number of benzene rings is 2. The van der Waals surface area contributed by atoms with Crippen molar-refractivity contribution in [2.24, 2.45) is 11.7 Å². The smallest absolute Gasteiger partial charge is 0.256 e. The van der Waals surface area contributed by atoms with Crippen LogP contribution < -0.4 is 11.1 Å². The molecule has 2 aromatic rings. The highest BCUT2D eigenvalue weighted by Crippen LogP contribution is 2.31. The van der Waals surface area contributed by atoms with E-state index in [1.54, 1.807) is 29.2 Å². The average molecular weight is 398 g/mol. The number of nitrogens with zero attached hydrogens (tertiary/aromatic N) is 1. The molecule has 1 heterocycles. The van der Waals surface area contributed by atoms with Gasteiger partial charge in [-0.1, -0.05) is 48.0 Å². The Morgan fingerprint density at radius 1 is 1.11 bits per heavy atom. The lowest BCUT2D eigenvalue weighted by Gasteiger charge is -2.36. The first-order valence-electron chi connectivity index (χ1n) is 9.70. The molecule has 0 bridgehead atoms. The van der Waals surface area contributed by atoms with E-state index in [2.05, 4.69) is 5.32 Å². The van der Waals surface area contributed by atoms with Crippen molar-refractivity contribution in [1.82, 2.24) is 10.2 Å². The molecule has 1 aliphatic heterocycles. The molecule has 4 rings (SSSR count). The van der Waals surface area contributed by atoms with Crippen LogP contribution in [0.2, 0.25) is 5.02 Å². The number of rotatable bonds is 5. The summed E-state index contributed by atoms with van der Waals surface area (Å²) in [6.07, 6.45) is 2.74. The SMILES string of the molecule is NC(CNC(=O)C1Cc2ccccc2CN1C(=O)c1ccccc1Cl)C1CC1. The van der Waals surface area contributed by atoms with Crippen LogP contribution in [0.3, 0.4) is 0 Å². The third kappa shape index (κ3) is 3.91. The predicted octanol–water partition coefficient (Wildman–Crippen LogP) is 2.76. The fourth-order valence-corrected chi connectivity index (χ4v) is 4.00. The van der Waals surface area contributed by atoms with Gasteiger partial charge in [0.25, 0.3) is 5.91 Å².